The maximum atomic E-state index is 11.0. The molecule has 2 N–H and O–H groups in total. The highest BCUT2D eigenvalue weighted by Crippen LogP contribution is 2.28. The Bertz CT molecular complexity index is 449. The second-order valence-corrected chi connectivity index (χ2v) is 5.23. The Labute approximate surface area is 125 Å². The summed E-state index contributed by atoms with van der Waals surface area (Å²) in [7, 11) is 0. The normalized spacial score (nSPS) is 10.9. The first-order valence-corrected chi connectivity index (χ1v) is 7.29. The molecule has 1 rings (SSSR count). The van der Waals surface area contributed by atoms with Crippen LogP contribution in [0.1, 0.15) is 38.7 Å². The van der Waals surface area contributed by atoms with E-state index in [1.807, 2.05) is 13.8 Å². The maximum Gasteiger partial charge on any atom is 0.310 e. The number of hydrogen-bond acceptors (Lipinski definition) is 5. The molecule has 6 heteroatoms. The van der Waals surface area contributed by atoms with Crippen molar-refractivity contribution in [2.45, 2.75) is 45.7 Å². The summed E-state index contributed by atoms with van der Waals surface area (Å²) in [5.74, 6) is 0.312. The van der Waals surface area contributed by atoms with Gasteiger partial charge in [0.25, 0.3) is 0 Å². The molecule has 0 aromatic heterocycles. The highest BCUT2D eigenvalue weighted by molar-refractivity contribution is 5.48. The van der Waals surface area contributed by atoms with E-state index in [0.717, 1.165) is 24.8 Å². The minimum absolute atomic E-state index is 0.00884. The van der Waals surface area contributed by atoms with E-state index < -0.39 is 4.92 Å². The molecule has 0 spiro atoms. The molecule has 0 aliphatic rings. The number of nitrogens with zero attached hydrogens (tertiary/aromatic N) is 1. The van der Waals surface area contributed by atoms with Gasteiger partial charge in [0.05, 0.1) is 11.5 Å². The fourth-order valence-electron chi connectivity index (χ4n) is 1.83. The Morgan fingerprint density at radius 1 is 1.33 bits per heavy atom. The van der Waals surface area contributed by atoms with E-state index in [1.54, 1.807) is 12.1 Å². The van der Waals surface area contributed by atoms with Gasteiger partial charge in [-0.2, -0.15) is 0 Å². The average molecular weight is 296 g/mol. The number of hydrogen-bond donors (Lipinski definition) is 2. The molecule has 0 unspecified atom stereocenters. The van der Waals surface area contributed by atoms with Gasteiger partial charge < -0.3 is 15.2 Å². The lowest BCUT2D eigenvalue weighted by Crippen LogP contribution is -2.21. The van der Waals surface area contributed by atoms with Gasteiger partial charge >= 0.3 is 5.69 Å². The molecule has 0 bridgehead atoms. The van der Waals surface area contributed by atoms with Crippen molar-refractivity contribution in [3.63, 3.8) is 0 Å². The Morgan fingerprint density at radius 3 is 2.71 bits per heavy atom. The summed E-state index contributed by atoms with van der Waals surface area (Å²) in [5, 5.41) is 23.0. The number of nitrogens with one attached hydrogen (secondary N) is 1. The van der Waals surface area contributed by atoms with Gasteiger partial charge in [-0.05, 0) is 30.9 Å². The number of unbranched alkanes of at least 4 members (excludes halogenated alkanes) is 2. The van der Waals surface area contributed by atoms with Crippen LogP contribution in [0.15, 0.2) is 18.2 Å². The van der Waals surface area contributed by atoms with E-state index in [0.29, 0.717) is 24.9 Å². The van der Waals surface area contributed by atoms with Gasteiger partial charge in [0.15, 0.2) is 5.75 Å². The zero-order chi connectivity index (χ0) is 15.7. The fourth-order valence-corrected chi connectivity index (χ4v) is 1.83. The molecule has 1 aromatic carbocycles. The minimum Gasteiger partial charge on any atom is -0.487 e. The molecule has 0 heterocycles. The molecule has 118 valence electrons. The lowest BCUT2D eigenvalue weighted by molar-refractivity contribution is -0.385. The van der Waals surface area contributed by atoms with Crippen molar-refractivity contribution in [2.75, 3.05) is 13.2 Å². The molecule has 6 nitrogen and oxygen atoms in total. The fraction of sp³-hybridized carbons (Fsp3) is 0.600. The van der Waals surface area contributed by atoms with Gasteiger partial charge in [0, 0.05) is 25.3 Å². The SMILES string of the molecule is CC(C)NCc1ccc([N+](=O)[O-])c(OCCCCCO)c1. The molecule has 0 saturated heterocycles. The van der Waals surface area contributed by atoms with E-state index in [9.17, 15) is 10.1 Å². The number of ether oxygens (including phenoxy) is 1. The standard InChI is InChI=1S/C15H24N2O4/c1-12(2)16-11-13-6-7-14(17(19)20)15(10-13)21-9-5-3-4-8-18/h6-7,10,12,16,18H,3-5,8-9,11H2,1-2H3. The Hall–Kier alpha value is -1.66. The van der Waals surface area contributed by atoms with E-state index in [2.05, 4.69) is 5.32 Å². The van der Waals surface area contributed by atoms with Crippen LogP contribution in [0, 0.1) is 10.1 Å². The van der Waals surface area contributed by atoms with Crippen LogP contribution in [-0.4, -0.2) is 29.3 Å². The zero-order valence-electron chi connectivity index (χ0n) is 12.7. The van der Waals surface area contributed by atoms with Crippen LogP contribution in [0.3, 0.4) is 0 Å². The quantitative estimate of drug-likeness (QED) is 0.394. The van der Waals surface area contributed by atoms with Crippen molar-refractivity contribution in [3.8, 4) is 5.75 Å². The Morgan fingerprint density at radius 2 is 2.10 bits per heavy atom. The number of aliphatic hydroxyl groups is 1. The van der Waals surface area contributed by atoms with E-state index in [1.165, 1.54) is 6.07 Å². The molecule has 1 aromatic rings. The maximum absolute atomic E-state index is 11.0. The van der Waals surface area contributed by atoms with Crippen molar-refractivity contribution in [1.82, 2.24) is 5.32 Å². The number of nitro benzene ring substituents is 1. The molecular weight excluding hydrogens is 272 g/mol. The largest absolute Gasteiger partial charge is 0.487 e. The summed E-state index contributed by atoms with van der Waals surface area (Å²) in [5.41, 5.74) is 0.949. The van der Waals surface area contributed by atoms with Crippen LogP contribution >= 0.6 is 0 Å². The van der Waals surface area contributed by atoms with Crippen molar-refractivity contribution in [1.29, 1.82) is 0 Å². The number of rotatable bonds is 10. The van der Waals surface area contributed by atoms with E-state index in [-0.39, 0.29) is 12.3 Å². The van der Waals surface area contributed by atoms with Crippen molar-refractivity contribution < 1.29 is 14.8 Å². The monoisotopic (exact) mass is 296 g/mol. The third kappa shape index (κ3) is 6.55. The average Bonchev–Trinajstić information content (AvgIpc) is 2.44. The van der Waals surface area contributed by atoms with Crippen LogP contribution in [0.25, 0.3) is 0 Å². The molecule has 0 saturated carbocycles. The summed E-state index contributed by atoms with van der Waals surface area (Å²) in [6.07, 6.45) is 2.34. The predicted octanol–water partition coefficient (Wildman–Crippen LogP) is 2.63. The molecule has 0 aliphatic heterocycles. The highest BCUT2D eigenvalue weighted by Gasteiger charge is 2.15. The second-order valence-electron chi connectivity index (χ2n) is 5.23. The smallest absolute Gasteiger partial charge is 0.310 e. The van der Waals surface area contributed by atoms with Crippen LogP contribution in [-0.2, 0) is 6.54 Å². The van der Waals surface area contributed by atoms with Crippen molar-refractivity contribution >= 4 is 5.69 Å². The Kier molecular flexibility index (Phi) is 7.71. The van der Waals surface area contributed by atoms with Gasteiger partial charge in [0.1, 0.15) is 0 Å². The van der Waals surface area contributed by atoms with Crippen molar-refractivity contribution in [2.24, 2.45) is 0 Å². The van der Waals surface area contributed by atoms with Crippen molar-refractivity contribution in [3.05, 3.63) is 33.9 Å². The van der Waals surface area contributed by atoms with E-state index >= 15 is 0 Å². The molecule has 0 atom stereocenters. The number of nitro groups is 1. The lowest BCUT2D eigenvalue weighted by Gasteiger charge is -2.11. The van der Waals surface area contributed by atoms with Crippen LogP contribution < -0.4 is 10.1 Å². The summed E-state index contributed by atoms with van der Waals surface area (Å²) in [4.78, 5) is 10.6. The van der Waals surface area contributed by atoms with Gasteiger partial charge in [-0.25, -0.2) is 0 Å². The first kappa shape index (κ1) is 17.4. The number of benzene rings is 1. The zero-order valence-corrected chi connectivity index (χ0v) is 12.7. The summed E-state index contributed by atoms with van der Waals surface area (Å²) in [6, 6.07) is 5.30. The van der Waals surface area contributed by atoms with Gasteiger partial charge in [-0.1, -0.05) is 19.9 Å². The molecule has 0 aliphatic carbocycles. The Balaban J connectivity index is 2.67. The third-order valence-electron chi connectivity index (χ3n) is 3.00. The minimum atomic E-state index is -0.428. The topological polar surface area (TPSA) is 84.6 Å². The number of aliphatic hydroxyl groups excluding tert-OH is 1. The van der Waals surface area contributed by atoms with Crippen LogP contribution in [0.2, 0.25) is 0 Å². The molecule has 21 heavy (non-hydrogen) atoms. The molecule has 0 amide bonds. The van der Waals surface area contributed by atoms with Crippen LogP contribution in [0.4, 0.5) is 5.69 Å². The van der Waals surface area contributed by atoms with E-state index in [4.69, 9.17) is 9.84 Å². The highest BCUT2D eigenvalue weighted by atomic mass is 16.6. The first-order chi connectivity index (χ1) is 10.0. The summed E-state index contributed by atoms with van der Waals surface area (Å²) < 4.78 is 5.54. The van der Waals surface area contributed by atoms with Crippen LogP contribution in [0.5, 0.6) is 5.75 Å². The van der Waals surface area contributed by atoms with Gasteiger partial charge in [0.2, 0.25) is 0 Å². The van der Waals surface area contributed by atoms with Gasteiger partial charge in [-0.3, -0.25) is 10.1 Å². The first-order valence-electron chi connectivity index (χ1n) is 7.29. The molecule has 0 fully saturated rings. The molecule has 0 radical (unpaired) electrons. The summed E-state index contributed by atoms with van der Waals surface area (Å²) in [6.45, 7) is 5.32. The summed E-state index contributed by atoms with van der Waals surface area (Å²) >= 11 is 0. The molecular formula is C15H24N2O4. The second kappa shape index (κ2) is 9.31. The van der Waals surface area contributed by atoms with Gasteiger partial charge in [-0.15, -0.1) is 0 Å². The third-order valence-corrected chi connectivity index (χ3v) is 3.00. The predicted molar refractivity (Wildman–Crippen MR) is 81.5 cm³/mol. The lowest BCUT2D eigenvalue weighted by atomic mass is 10.1.